The minimum absolute atomic E-state index is 0.229. The molecule has 0 radical (unpaired) electrons. The van der Waals surface area contributed by atoms with Gasteiger partial charge in [0.25, 0.3) is 5.91 Å². The maximum atomic E-state index is 14.7. The number of amides is 2. The number of allylic oxidation sites excluding steroid dienone is 1. The molecule has 3 aliphatic heterocycles. The molecule has 3 heterocycles. The number of alkyl halides is 1. The van der Waals surface area contributed by atoms with Crippen molar-refractivity contribution in [2.24, 2.45) is 11.8 Å². The predicted octanol–water partition coefficient (Wildman–Crippen LogP) is 4.24. The second kappa shape index (κ2) is 12.6. The zero-order valence-corrected chi connectivity index (χ0v) is 25.3. The molecule has 3 saturated heterocycles. The fourth-order valence-corrected chi connectivity index (χ4v) is 7.83. The number of ether oxygens (including phenoxy) is 2. The van der Waals surface area contributed by atoms with E-state index in [1.54, 1.807) is 11.0 Å². The van der Waals surface area contributed by atoms with E-state index < -0.39 is 41.6 Å². The molecule has 3 unspecified atom stereocenters. The number of aryl methyl sites for hydroxylation is 2. The van der Waals surface area contributed by atoms with Crippen LogP contribution in [0.2, 0.25) is 0 Å². The maximum absolute atomic E-state index is 14.7. The van der Waals surface area contributed by atoms with E-state index in [9.17, 15) is 19.5 Å². The van der Waals surface area contributed by atoms with E-state index in [2.05, 4.69) is 29.1 Å². The Morgan fingerprint density at radius 3 is 2.58 bits per heavy atom. The lowest BCUT2D eigenvalue weighted by Gasteiger charge is -2.39. The second-order valence-electron chi connectivity index (χ2n) is 11.1. The van der Waals surface area contributed by atoms with Crippen molar-refractivity contribution >= 4 is 39.4 Å². The lowest BCUT2D eigenvalue weighted by molar-refractivity contribution is -0.155. The van der Waals surface area contributed by atoms with Crippen molar-refractivity contribution < 1.29 is 29.0 Å². The molecular formula is C31H41BrN2O6. The molecule has 1 N–H and O–H groups in total. The van der Waals surface area contributed by atoms with Gasteiger partial charge < -0.3 is 24.4 Å². The van der Waals surface area contributed by atoms with Crippen LogP contribution in [-0.4, -0.2) is 76.2 Å². The molecule has 1 aromatic carbocycles. The van der Waals surface area contributed by atoms with Gasteiger partial charge in [-0.15, -0.1) is 13.2 Å². The molecular weight excluding hydrogens is 576 g/mol. The number of unbranched alkanes of at least 4 members (excludes halogenated alkanes) is 2. The summed E-state index contributed by atoms with van der Waals surface area (Å²) in [5.41, 5.74) is 1.37. The molecule has 7 atom stereocenters. The average Bonchev–Trinajstić information content (AvgIpc) is 3.52. The van der Waals surface area contributed by atoms with Gasteiger partial charge in [-0.1, -0.05) is 53.2 Å². The second-order valence-corrected chi connectivity index (χ2v) is 12.3. The standard InChI is InChI=1S/C31H41BrN2O6/c1-6-9-10-11-16-39-30(38)23-24-28(36)34(21(8-3)18-35)27(31(24)17-22(32)26(23)40-31)29(37)33(15-7-2)25-19(4)13-12-14-20(25)5/h6-7,12-14,21-24,26-27,35H,1-2,8-11,15-18H2,3-5H3/t21-,22?,23-,24-,26-,27?,31?/m0/s1. The topological polar surface area (TPSA) is 96.4 Å². The van der Waals surface area contributed by atoms with Crippen molar-refractivity contribution in [3.8, 4) is 0 Å². The van der Waals surface area contributed by atoms with Crippen molar-refractivity contribution in [1.29, 1.82) is 0 Å². The summed E-state index contributed by atoms with van der Waals surface area (Å²) < 4.78 is 12.2. The summed E-state index contributed by atoms with van der Waals surface area (Å²) >= 11 is 3.70. The van der Waals surface area contributed by atoms with Crippen molar-refractivity contribution in [2.75, 3.05) is 24.7 Å². The number of hydrogen-bond acceptors (Lipinski definition) is 6. The number of carbonyl (C=O) groups excluding carboxylic acids is 3. The summed E-state index contributed by atoms with van der Waals surface area (Å²) in [6.45, 7) is 13.5. The molecule has 40 heavy (non-hydrogen) atoms. The average molecular weight is 618 g/mol. The predicted molar refractivity (Wildman–Crippen MR) is 157 cm³/mol. The molecule has 3 fully saturated rings. The normalized spacial score (nSPS) is 29.3. The third kappa shape index (κ3) is 5.05. The van der Waals surface area contributed by atoms with Crippen LogP contribution in [0.25, 0.3) is 0 Å². The zero-order chi connectivity index (χ0) is 29.2. The van der Waals surface area contributed by atoms with Gasteiger partial charge in [-0.2, -0.15) is 0 Å². The summed E-state index contributed by atoms with van der Waals surface area (Å²) in [5, 5.41) is 10.3. The molecule has 218 valence electrons. The summed E-state index contributed by atoms with van der Waals surface area (Å²) in [4.78, 5) is 45.3. The number of rotatable bonds is 13. The first-order valence-corrected chi connectivity index (χ1v) is 15.1. The van der Waals surface area contributed by atoms with Crippen molar-refractivity contribution in [3.05, 3.63) is 54.6 Å². The van der Waals surface area contributed by atoms with Crippen LogP contribution in [0.5, 0.6) is 0 Å². The summed E-state index contributed by atoms with van der Waals surface area (Å²) in [7, 11) is 0. The molecule has 2 amide bonds. The quantitative estimate of drug-likeness (QED) is 0.154. The van der Waals surface area contributed by atoms with Gasteiger partial charge in [-0.05, 0) is 57.1 Å². The molecule has 4 rings (SSSR count). The van der Waals surface area contributed by atoms with Crippen LogP contribution in [0.15, 0.2) is 43.5 Å². The Labute approximate surface area is 245 Å². The van der Waals surface area contributed by atoms with Gasteiger partial charge in [0.1, 0.15) is 11.6 Å². The van der Waals surface area contributed by atoms with E-state index in [-0.39, 0.29) is 36.4 Å². The molecule has 0 aromatic heterocycles. The van der Waals surface area contributed by atoms with Crippen molar-refractivity contribution in [1.82, 2.24) is 4.90 Å². The third-order valence-electron chi connectivity index (χ3n) is 8.64. The Bertz CT molecular complexity index is 1130. The summed E-state index contributed by atoms with van der Waals surface area (Å²) in [6.07, 6.45) is 6.11. The van der Waals surface area contributed by atoms with Gasteiger partial charge in [0.2, 0.25) is 5.91 Å². The SMILES string of the molecule is C=CCCCCOC(=O)[C@H]1[C@H]2C(=O)N([C@@H](CC)CO)C(C(=O)N(CC=C)c3c(C)cccc3C)C23CC(Br)[C@@H]1O3. The van der Waals surface area contributed by atoms with Crippen molar-refractivity contribution in [2.45, 2.75) is 81.5 Å². The van der Waals surface area contributed by atoms with Gasteiger partial charge in [0.05, 0.1) is 37.2 Å². The molecule has 0 saturated carbocycles. The molecule has 1 spiro atoms. The van der Waals surface area contributed by atoms with Gasteiger partial charge in [-0.3, -0.25) is 14.4 Å². The molecule has 1 aromatic rings. The molecule has 9 heteroatoms. The van der Waals surface area contributed by atoms with E-state index >= 15 is 0 Å². The number of carbonyl (C=O) groups is 3. The number of para-hydroxylation sites is 1. The first kappa shape index (κ1) is 30.5. The number of fused-ring (bicyclic) bond motifs is 1. The van der Waals surface area contributed by atoms with Crippen LogP contribution in [0.4, 0.5) is 5.69 Å². The number of likely N-dealkylation sites (tertiary alicyclic amines) is 1. The molecule has 0 aliphatic carbocycles. The van der Waals surface area contributed by atoms with E-state index in [1.165, 1.54) is 4.90 Å². The van der Waals surface area contributed by atoms with E-state index in [0.29, 0.717) is 19.3 Å². The Morgan fingerprint density at radius 2 is 1.98 bits per heavy atom. The summed E-state index contributed by atoms with van der Waals surface area (Å²) in [6, 6.07) is 4.21. The Morgan fingerprint density at radius 1 is 1.27 bits per heavy atom. The first-order valence-electron chi connectivity index (χ1n) is 14.2. The van der Waals surface area contributed by atoms with Crippen LogP contribution in [0.3, 0.4) is 0 Å². The number of nitrogens with zero attached hydrogens (tertiary/aromatic N) is 2. The molecule has 2 bridgehead atoms. The highest BCUT2D eigenvalue weighted by atomic mass is 79.9. The van der Waals surface area contributed by atoms with Crippen LogP contribution < -0.4 is 4.90 Å². The Hall–Kier alpha value is -2.49. The minimum atomic E-state index is -1.22. The Kier molecular flexibility index (Phi) is 9.58. The van der Waals surface area contributed by atoms with E-state index in [0.717, 1.165) is 29.7 Å². The van der Waals surface area contributed by atoms with Crippen LogP contribution in [0, 0.1) is 25.7 Å². The highest BCUT2D eigenvalue weighted by Gasteiger charge is 2.77. The van der Waals surface area contributed by atoms with Gasteiger partial charge in [0.15, 0.2) is 0 Å². The summed E-state index contributed by atoms with van der Waals surface area (Å²) in [5.74, 6) is -2.83. The third-order valence-corrected chi connectivity index (χ3v) is 9.49. The Balaban J connectivity index is 1.76. The van der Waals surface area contributed by atoms with Gasteiger partial charge >= 0.3 is 5.97 Å². The number of aliphatic hydroxyl groups is 1. The molecule has 3 aliphatic rings. The maximum Gasteiger partial charge on any atom is 0.312 e. The van der Waals surface area contributed by atoms with E-state index in [4.69, 9.17) is 9.47 Å². The van der Waals surface area contributed by atoms with Gasteiger partial charge in [-0.25, -0.2) is 0 Å². The lowest BCUT2D eigenvalue weighted by Crippen LogP contribution is -2.59. The molecule has 8 nitrogen and oxygen atoms in total. The number of benzene rings is 1. The number of hydrogen-bond donors (Lipinski definition) is 1. The van der Waals surface area contributed by atoms with Crippen LogP contribution in [-0.2, 0) is 23.9 Å². The highest BCUT2D eigenvalue weighted by Crippen LogP contribution is 2.61. The van der Waals surface area contributed by atoms with Crippen molar-refractivity contribution in [3.63, 3.8) is 0 Å². The van der Waals surface area contributed by atoms with Crippen LogP contribution in [0.1, 0.15) is 50.2 Å². The van der Waals surface area contributed by atoms with Crippen LogP contribution >= 0.6 is 15.9 Å². The van der Waals surface area contributed by atoms with E-state index in [1.807, 2.05) is 45.0 Å². The minimum Gasteiger partial charge on any atom is -0.465 e. The largest absolute Gasteiger partial charge is 0.465 e. The lowest BCUT2D eigenvalue weighted by atomic mass is 9.70. The number of esters is 1. The highest BCUT2D eigenvalue weighted by molar-refractivity contribution is 9.09. The smallest absolute Gasteiger partial charge is 0.312 e. The fourth-order valence-electron chi connectivity index (χ4n) is 6.88. The number of anilines is 1. The van der Waals surface area contributed by atoms with Gasteiger partial charge in [0, 0.05) is 17.1 Å². The number of aliphatic hydroxyl groups excluding tert-OH is 1. The number of halogens is 1. The fraction of sp³-hybridized carbons (Fsp3) is 0.581. The monoisotopic (exact) mass is 616 g/mol. The first-order chi connectivity index (χ1) is 19.2. The zero-order valence-electron chi connectivity index (χ0n) is 23.7.